The third kappa shape index (κ3) is 2.00. The SMILES string of the molecule is CC(O)c1csc(Cn2cccn2)n1. The first kappa shape index (κ1) is 9.36. The molecule has 1 N–H and O–H groups in total. The Kier molecular flexibility index (Phi) is 2.60. The highest BCUT2D eigenvalue weighted by atomic mass is 32.1. The molecule has 74 valence electrons. The van der Waals surface area contributed by atoms with E-state index in [4.69, 9.17) is 0 Å². The summed E-state index contributed by atoms with van der Waals surface area (Å²) in [4.78, 5) is 4.29. The standard InChI is InChI=1S/C9H11N3OS/c1-7(13)8-6-14-9(11-8)5-12-4-2-3-10-12/h2-4,6-7,13H,5H2,1H3. The molecule has 0 saturated heterocycles. The molecule has 1 unspecified atom stereocenters. The molecule has 0 saturated carbocycles. The molecule has 0 radical (unpaired) electrons. The molecule has 5 heteroatoms. The van der Waals surface area contributed by atoms with E-state index in [9.17, 15) is 5.11 Å². The van der Waals surface area contributed by atoms with Gasteiger partial charge in [-0.2, -0.15) is 5.10 Å². The zero-order chi connectivity index (χ0) is 9.97. The lowest BCUT2D eigenvalue weighted by atomic mass is 10.3. The van der Waals surface area contributed by atoms with Gasteiger partial charge in [-0.1, -0.05) is 0 Å². The number of hydrogen-bond donors (Lipinski definition) is 1. The molecular formula is C9H11N3OS. The van der Waals surface area contributed by atoms with Crippen molar-refractivity contribution in [3.63, 3.8) is 0 Å². The molecule has 2 aromatic rings. The molecule has 14 heavy (non-hydrogen) atoms. The fourth-order valence-electron chi connectivity index (χ4n) is 1.12. The van der Waals surface area contributed by atoms with Crippen molar-refractivity contribution in [1.82, 2.24) is 14.8 Å². The predicted octanol–water partition coefficient (Wildman–Crippen LogP) is 1.44. The lowest BCUT2D eigenvalue weighted by Crippen LogP contribution is -2.00. The second-order valence-electron chi connectivity index (χ2n) is 3.05. The van der Waals surface area contributed by atoms with Crippen LogP contribution in [0.2, 0.25) is 0 Å². The highest BCUT2D eigenvalue weighted by Crippen LogP contribution is 2.16. The van der Waals surface area contributed by atoms with Crippen LogP contribution in [-0.4, -0.2) is 19.9 Å². The van der Waals surface area contributed by atoms with E-state index in [1.807, 2.05) is 22.3 Å². The van der Waals surface area contributed by atoms with Crippen LogP contribution >= 0.6 is 11.3 Å². The lowest BCUT2D eigenvalue weighted by Gasteiger charge is -1.97. The normalized spacial score (nSPS) is 13.0. The average molecular weight is 209 g/mol. The summed E-state index contributed by atoms with van der Waals surface area (Å²) < 4.78 is 1.81. The summed E-state index contributed by atoms with van der Waals surface area (Å²) in [5.74, 6) is 0. The van der Waals surface area contributed by atoms with Gasteiger partial charge in [0.1, 0.15) is 5.01 Å². The van der Waals surface area contributed by atoms with E-state index in [1.165, 1.54) is 0 Å². The number of nitrogens with zero attached hydrogens (tertiary/aromatic N) is 3. The lowest BCUT2D eigenvalue weighted by molar-refractivity contribution is 0.195. The van der Waals surface area contributed by atoms with Crippen LogP contribution in [0.5, 0.6) is 0 Å². The minimum absolute atomic E-state index is 0.488. The monoisotopic (exact) mass is 209 g/mol. The summed E-state index contributed by atoms with van der Waals surface area (Å²) in [5.41, 5.74) is 0.733. The Balaban J connectivity index is 2.11. The Bertz CT molecular complexity index is 394. The van der Waals surface area contributed by atoms with E-state index < -0.39 is 6.10 Å². The molecule has 0 aliphatic heterocycles. The van der Waals surface area contributed by atoms with E-state index in [1.54, 1.807) is 24.5 Å². The minimum atomic E-state index is -0.488. The van der Waals surface area contributed by atoms with Crippen molar-refractivity contribution in [2.75, 3.05) is 0 Å². The molecule has 2 heterocycles. The van der Waals surface area contributed by atoms with Crippen LogP contribution in [-0.2, 0) is 6.54 Å². The quantitative estimate of drug-likeness (QED) is 0.832. The zero-order valence-corrected chi connectivity index (χ0v) is 8.61. The third-order valence-electron chi connectivity index (χ3n) is 1.85. The number of thiazole rings is 1. The molecule has 2 aromatic heterocycles. The molecule has 0 aliphatic carbocycles. The number of rotatable bonds is 3. The average Bonchev–Trinajstić information content (AvgIpc) is 2.75. The van der Waals surface area contributed by atoms with Crippen molar-refractivity contribution in [3.8, 4) is 0 Å². The van der Waals surface area contributed by atoms with E-state index in [0.29, 0.717) is 6.54 Å². The Morgan fingerprint density at radius 1 is 1.64 bits per heavy atom. The number of aliphatic hydroxyl groups excluding tert-OH is 1. The molecule has 0 aromatic carbocycles. The molecule has 0 fully saturated rings. The first-order chi connectivity index (χ1) is 6.75. The molecule has 1 atom stereocenters. The van der Waals surface area contributed by atoms with Gasteiger partial charge < -0.3 is 5.11 Å². The summed E-state index contributed by atoms with van der Waals surface area (Å²) in [6, 6.07) is 1.88. The minimum Gasteiger partial charge on any atom is -0.387 e. The molecular weight excluding hydrogens is 198 g/mol. The fourth-order valence-corrected chi connectivity index (χ4v) is 1.99. The predicted molar refractivity (Wildman–Crippen MR) is 54.1 cm³/mol. The van der Waals surface area contributed by atoms with Gasteiger partial charge in [-0.15, -0.1) is 11.3 Å². The summed E-state index contributed by atoms with van der Waals surface area (Å²) in [5, 5.41) is 16.2. The van der Waals surface area contributed by atoms with Crippen LogP contribution in [0.4, 0.5) is 0 Å². The Hall–Kier alpha value is -1.20. The molecule has 0 amide bonds. The molecule has 2 rings (SSSR count). The second kappa shape index (κ2) is 3.89. The number of hydrogen-bond acceptors (Lipinski definition) is 4. The number of aliphatic hydroxyl groups is 1. The second-order valence-corrected chi connectivity index (χ2v) is 3.99. The Labute approximate surface area is 85.8 Å². The smallest absolute Gasteiger partial charge is 0.115 e. The van der Waals surface area contributed by atoms with Crippen LogP contribution in [0, 0.1) is 0 Å². The van der Waals surface area contributed by atoms with Gasteiger partial charge in [-0.05, 0) is 13.0 Å². The van der Waals surface area contributed by atoms with E-state index >= 15 is 0 Å². The van der Waals surface area contributed by atoms with Crippen molar-refractivity contribution in [2.24, 2.45) is 0 Å². The van der Waals surface area contributed by atoms with Crippen molar-refractivity contribution in [1.29, 1.82) is 0 Å². The van der Waals surface area contributed by atoms with Crippen molar-refractivity contribution in [2.45, 2.75) is 19.6 Å². The van der Waals surface area contributed by atoms with Crippen LogP contribution in [0.1, 0.15) is 23.7 Å². The summed E-state index contributed by atoms with van der Waals surface area (Å²) in [6.07, 6.45) is 3.14. The maximum Gasteiger partial charge on any atom is 0.115 e. The van der Waals surface area contributed by atoms with Gasteiger partial charge in [-0.3, -0.25) is 4.68 Å². The van der Waals surface area contributed by atoms with Crippen LogP contribution < -0.4 is 0 Å². The van der Waals surface area contributed by atoms with Crippen molar-refractivity contribution in [3.05, 3.63) is 34.5 Å². The summed E-state index contributed by atoms with van der Waals surface area (Å²) in [7, 11) is 0. The largest absolute Gasteiger partial charge is 0.387 e. The van der Waals surface area contributed by atoms with E-state index in [2.05, 4.69) is 10.1 Å². The highest BCUT2D eigenvalue weighted by Gasteiger charge is 2.06. The van der Waals surface area contributed by atoms with Crippen LogP contribution in [0.15, 0.2) is 23.8 Å². The van der Waals surface area contributed by atoms with E-state index in [-0.39, 0.29) is 0 Å². The Morgan fingerprint density at radius 2 is 2.50 bits per heavy atom. The van der Waals surface area contributed by atoms with Gasteiger partial charge in [0, 0.05) is 17.8 Å². The molecule has 4 nitrogen and oxygen atoms in total. The summed E-state index contributed by atoms with van der Waals surface area (Å²) >= 11 is 1.54. The van der Waals surface area contributed by atoms with Gasteiger partial charge in [0.15, 0.2) is 0 Å². The van der Waals surface area contributed by atoms with Gasteiger partial charge in [0.2, 0.25) is 0 Å². The first-order valence-corrected chi connectivity index (χ1v) is 5.23. The molecule has 0 spiro atoms. The fraction of sp³-hybridized carbons (Fsp3) is 0.333. The summed E-state index contributed by atoms with van der Waals surface area (Å²) in [6.45, 7) is 2.39. The van der Waals surface area contributed by atoms with Gasteiger partial charge in [-0.25, -0.2) is 4.98 Å². The highest BCUT2D eigenvalue weighted by molar-refractivity contribution is 7.09. The van der Waals surface area contributed by atoms with Gasteiger partial charge >= 0.3 is 0 Å². The van der Waals surface area contributed by atoms with Crippen LogP contribution in [0.25, 0.3) is 0 Å². The van der Waals surface area contributed by atoms with Gasteiger partial charge in [0.25, 0.3) is 0 Å². The van der Waals surface area contributed by atoms with Crippen molar-refractivity contribution >= 4 is 11.3 Å². The number of aromatic nitrogens is 3. The Morgan fingerprint density at radius 3 is 3.07 bits per heavy atom. The van der Waals surface area contributed by atoms with Gasteiger partial charge in [0.05, 0.1) is 18.3 Å². The zero-order valence-electron chi connectivity index (χ0n) is 7.79. The first-order valence-electron chi connectivity index (χ1n) is 4.35. The maximum atomic E-state index is 9.28. The van der Waals surface area contributed by atoms with Crippen LogP contribution in [0.3, 0.4) is 0 Å². The molecule has 0 bridgehead atoms. The third-order valence-corrected chi connectivity index (χ3v) is 2.71. The maximum absolute atomic E-state index is 9.28. The van der Waals surface area contributed by atoms with E-state index in [0.717, 1.165) is 10.7 Å². The molecule has 0 aliphatic rings. The topological polar surface area (TPSA) is 50.9 Å². The van der Waals surface area contributed by atoms with Crippen molar-refractivity contribution < 1.29 is 5.11 Å².